The molecule has 4 rings (SSSR count). The highest BCUT2D eigenvalue weighted by Crippen LogP contribution is 2.33. The highest BCUT2D eigenvalue weighted by molar-refractivity contribution is 7.13. The van der Waals surface area contributed by atoms with Crippen molar-refractivity contribution in [2.24, 2.45) is 0 Å². The van der Waals surface area contributed by atoms with Crippen LogP contribution in [0.5, 0.6) is 11.5 Å². The predicted molar refractivity (Wildman–Crippen MR) is 130 cm³/mol. The first kappa shape index (κ1) is 22.8. The molecule has 33 heavy (non-hydrogen) atoms. The average molecular weight is 482 g/mol. The lowest BCUT2D eigenvalue weighted by atomic mass is 10.2. The van der Waals surface area contributed by atoms with Gasteiger partial charge in [0.25, 0.3) is 0 Å². The molecule has 0 N–H and O–H groups in total. The summed E-state index contributed by atoms with van der Waals surface area (Å²) in [5.41, 5.74) is 4.62. The van der Waals surface area contributed by atoms with Crippen molar-refractivity contribution in [3.05, 3.63) is 69.9 Å². The van der Waals surface area contributed by atoms with E-state index in [2.05, 4.69) is 14.5 Å². The van der Waals surface area contributed by atoms with Crippen LogP contribution in [0.1, 0.15) is 22.6 Å². The van der Waals surface area contributed by atoms with E-state index in [1.807, 2.05) is 48.9 Å². The van der Waals surface area contributed by atoms with Crippen molar-refractivity contribution in [1.82, 2.24) is 14.5 Å². The maximum Gasteiger partial charge on any atom is 0.331 e. The van der Waals surface area contributed by atoms with Gasteiger partial charge in [0.05, 0.1) is 19.9 Å². The van der Waals surface area contributed by atoms with E-state index >= 15 is 0 Å². The number of rotatable bonds is 8. The second-order valence-electron chi connectivity index (χ2n) is 7.13. The first-order valence-corrected chi connectivity index (χ1v) is 11.9. The third kappa shape index (κ3) is 4.99. The molecule has 3 aromatic heterocycles. The summed E-state index contributed by atoms with van der Waals surface area (Å²) in [7, 11) is 3.19. The summed E-state index contributed by atoms with van der Waals surface area (Å²) in [5, 5.41) is 5.54. The molecule has 0 amide bonds. The summed E-state index contributed by atoms with van der Waals surface area (Å²) >= 11 is 3.05. The number of hydrogen-bond acceptors (Lipinski definition) is 8. The molecule has 0 fully saturated rings. The fourth-order valence-corrected chi connectivity index (χ4v) is 4.96. The van der Waals surface area contributed by atoms with Crippen LogP contribution in [0.4, 0.5) is 0 Å². The molecule has 0 atom stereocenters. The number of esters is 1. The summed E-state index contributed by atoms with van der Waals surface area (Å²) in [6.45, 7) is 4.12. The number of aryl methyl sites for hydroxylation is 1. The van der Waals surface area contributed by atoms with E-state index in [1.165, 1.54) is 17.4 Å². The standard InChI is InChI=1S/C24H23N3O4S2/c1-15-11-17(16(2)27(15)24-25-9-10-32-24)6-8-22(28)31-13-19-14-33-23(26-19)18-5-7-20(29-3)21(12-18)30-4/h5-12,14H,13H2,1-4H3/b8-6+. The van der Waals surface area contributed by atoms with Crippen LogP contribution < -0.4 is 9.47 Å². The summed E-state index contributed by atoms with van der Waals surface area (Å²) < 4.78 is 18.1. The molecule has 7 nitrogen and oxygen atoms in total. The summed E-state index contributed by atoms with van der Waals surface area (Å²) in [5.74, 6) is 0.874. The van der Waals surface area contributed by atoms with Crippen LogP contribution in [0.15, 0.2) is 47.3 Å². The van der Waals surface area contributed by atoms with Gasteiger partial charge in [-0.15, -0.1) is 22.7 Å². The van der Waals surface area contributed by atoms with Crippen LogP contribution in [0, 0.1) is 13.8 Å². The molecular formula is C24H23N3O4S2. The van der Waals surface area contributed by atoms with Gasteiger partial charge < -0.3 is 14.2 Å². The van der Waals surface area contributed by atoms with Gasteiger partial charge in [-0.05, 0) is 49.8 Å². The molecular weight excluding hydrogens is 458 g/mol. The molecule has 0 aliphatic heterocycles. The van der Waals surface area contributed by atoms with Gasteiger partial charge in [0.15, 0.2) is 16.6 Å². The Morgan fingerprint density at radius 2 is 1.94 bits per heavy atom. The van der Waals surface area contributed by atoms with Crippen LogP contribution in [-0.2, 0) is 16.1 Å². The van der Waals surface area contributed by atoms with Crippen LogP contribution in [0.2, 0.25) is 0 Å². The molecule has 9 heteroatoms. The minimum atomic E-state index is -0.422. The first-order chi connectivity index (χ1) is 16.0. The van der Waals surface area contributed by atoms with Crippen LogP contribution in [0.25, 0.3) is 21.8 Å². The van der Waals surface area contributed by atoms with Crippen molar-refractivity contribution in [2.45, 2.75) is 20.5 Å². The highest BCUT2D eigenvalue weighted by atomic mass is 32.1. The molecule has 170 valence electrons. The highest BCUT2D eigenvalue weighted by Gasteiger charge is 2.12. The second kappa shape index (κ2) is 10.0. The molecule has 0 saturated carbocycles. The zero-order valence-electron chi connectivity index (χ0n) is 18.7. The largest absolute Gasteiger partial charge is 0.493 e. The SMILES string of the molecule is COc1ccc(-c2nc(COC(=O)/C=C/c3cc(C)n(-c4nccs4)c3C)cs2)cc1OC. The number of hydrogen-bond donors (Lipinski definition) is 0. The Hall–Kier alpha value is -3.43. The van der Waals surface area contributed by atoms with Gasteiger partial charge in [-0.25, -0.2) is 14.8 Å². The topological polar surface area (TPSA) is 75.5 Å². The van der Waals surface area contributed by atoms with Gasteiger partial charge in [-0.1, -0.05) is 0 Å². The van der Waals surface area contributed by atoms with E-state index in [1.54, 1.807) is 37.8 Å². The number of carbonyl (C=O) groups excluding carboxylic acids is 1. The molecule has 0 bridgehead atoms. The van der Waals surface area contributed by atoms with E-state index in [0.717, 1.165) is 32.7 Å². The Balaban J connectivity index is 1.39. The Morgan fingerprint density at radius 1 is 1.12 bits per heavy atom. The van der Waals surface area contributed by atoms with E-state index < -0.39 is 5.97 Å². The zero-order chi connectivity index (χ0) is 23.4. The molecule has 0 unspecified atom stereocenters. The Bertz CT molecular complexity index is 1290. The van der Waals surface area contributed by atoms with E-state index in [4.69, 9.17) is 14.2 Å². The van der Waals surface area contributed by atoms with E-state index in [-0.39, 0.29) is 6.61 Å². The lowest BCUT2D eigenvalue weighted by Gasteiger charge is -2.08. The number of aromatic nitrogens is 3. The van der Waals surface area contributed by atoms with Gasteiger partial charge in [-0.2, -0.15) is 0 Å². The van der Waals surface area contributed by atoms with E-state index in [0.29, 0.717) is 17.2 Å². The molecule has 0 radical (unpaired) electrons. The maximum atomic E-state index is 12.3. The van der Waals surface area contributed by atoms with Crippen molar-refractivity contribution in [3.8, 4) is 27.2 Å². The van der Waals surface area contributed by atoms with Crippen molar-refractivity contribution in [2.75, 3.05) is 14.2 Å². The number of methoxy groups -OCH3 is 2. The molecule has 3 heterocycles. The minimum Gasteiger partial charge on any atom is -0.493 e. The number of ether oxygens (including phenoxy) is 3. The average Bonchev–Trinajstić information content (AvgIpc) is 3.57. The maximum absolute atomic E-state index is 12.3. The van der Waals surface area contributed by atoms with Crippen LogP contribution in [-0.4, -0.2) is 34.7 Å². The van der Waals surface area contributed by atoms with E-state index in [9.17, 15) is 4.79 Å². The van der Waals surface area contributed by atoms with Crippen molar-refractivity contribution < 1.29 is 19.0 Å². The number of benzene rings is 1. The molecule has 0 spiro atoms. The summed E-state index contributed by atoms with van der Waals surface area (Å²) in [6, 6.07) is 7.65. The van der Waals surface area contributed by atoms with Crippen LogP contribution in [0.3, 0.4) is 0 Å². The monoisotopic (exact) mass is 481 g/mol. The third-order valence-electron chi connectivity index (χ3n) is 5.02. The fraction of sp³-hybridized carbons (Fsp3) is 0.208. The van der Waals surface area contributed by atoms with Gasteiger partial charge in [0, 0.05) is 40.0 Å². The van der Waals surface area contributed by atoms with Crippen molar-refractivity contribution in [1.29, 1.82) is 0 Å². The quantitative estimate of drug-likeness (QED) is 0.246. The fourth-order valence-electron chi connectivity index (χ4n) is 3.40. The molecule has 0 aliphatic rings. The predicted octanol–water partition coefficient (Wildman–Crippen LogP) is 5.45. The molecule has 0 aliphatic carbocycles. The Morgan fingerprint density at radius 3 is 2.67 bits per heavy atom. The van der Waals surface area contributed by atoms with Crippen molar-refractivity contribution >= 4 is 34.7 Å². The van der Waals surface area contributed by atoms with Crippen molar-refractivity contribution in [3.63, 3.8) is 0 Å². The third-order valence-corrected chi connectivity index (χ3v) is 6.72. The minimum absolute atomic E-state index is 0.102. The smallest absolute Gasteiger partial charge is 0.331 e. The van der Waals surface area contributed by atoms with Gasteiger partial charge in [0.2, 0.25) is 0 Å². The molecule has 4 aromatic rings. The number of thiazole rings is 2. The number of nitrogens with zero attached hydrogens (tertiary/aromatic N) is 3. The Kier molecular flexibility index (Phi) is 6.90. The van der Waals surface area contributed by atoms with Crippen LogP contribution >= 0.6 is 22.7 Å². The zero-order valence-corrected chi connectivity index (χ0v) is 20.3. The Labute approximate surface area is 199 Å². The first-order valence-electron chi connectivity index (χ1n) is 10.1. The summed E-state index contributed by atoms with van der Waals surface area (Å²) in [6.07, 6.45) is 4.99. The number of carbonyl (C=O) groups is 1. The molecule has 1 aromatic carbocycles. The summed E-state index contributed by atoms with van der Waals surface area (Å²) in [4.78, 5) is 21.2. The lowest BCUT2D eigenvalue weighted by molar-refractivity contribution is -0.139. The molecule has 0 saturated heterocycles. The lowest BCUT2D eigenvalue weighted by Crippen LogP contribution is -2.01. The van der Waals surface area contributed by atoms with Gasteiger partial charge in [-0.3, -0.25) is 4.57 Å². The van der Waals surface area contributed by atoms with Gasteiger partial charge in [0.1, 0.15) is 11.6 Å². The van der Waals surface area contributed by atoms with Gasteiger partial charge >= 0.3 is 5.97 Å². The second-order valence-corrected chi connectivity index (χ2v) is 8.86. The normalized spacial score (nSPS) is 11.2.